The van der Waals surface area contributed by atoms with Gasteiger partial charge in [-0.1, -0.05) is 42.0 Å². The van der Waals surface area contributed by atoms with E-state index >= 15 is 0 Å². The number of nitrogens with zero attached hydrogens (tertiary/aromatic N) is 1. The van der Waals surface area contributed by atoms with Crippen molar-refractivity contribution in [1.82, 2.24) is 9.88 Å². The van der Waals surface area contributed by atoms with Crippen LogP contribution in [0.5, 0.6) is 0 Å². The maximum absolute atomic E-state index is 11.8. The third kappa shape index (κ3) is 3.81. The minimum Gasteiger partial charge on any atom is -0.395 e. The number of aromatic nitrogens is 1. The Morgan fingerprint density at radius 3 is 2.71 bits per heavy atom. The molecule has 2 rings (SSSR count). The number of thiazole rings is 1. The first-order chi connectivity index (χ1) is 10.0. The number of nitrogens with one attached hydrogen (secondary N) is 1. The molecule has 0 radical (unpaired) electrons. The number of likely N-dealkylation sites (N-methyl/N-ethyl adjacent to an activating group) is 1. The molecule has 2 N–H and O–H groups in total. The molecule has 1 aromatic heterocycles. The van der Waals surface area contributed by atoms with Crippen molar-refractivity contribution in [2.45, 2.75) is 27.3 Å². The fraction of sp³-hybridized carbons (Fsp3) is 0.438. The van der Waals surface area contributed by atoms with Gasteiger partial charge in [0.05, 0.1) is 12.3 Å². The van der Waals surface area contributed by atoms with E-state index in [9.17, 15) is 4.79 Å². The van der Waals surface area contributed by atoms with Crippen LogP contribution in [0.3, 0.4) is 0 Å². The van der Waals surface area contributed by atoms with Crippen LogP contribution in [-0.4, -0.2) is 34.7 Å². The molecule has 5 heteroatoms. The first-order valence-corrected chi connectivity index (χ1v) is 7.99. The quantitative estimate of drug-likeness (QED) is 0.862. The van der Waals surface area contributed by atoms with Crippen molar-refractivity contribution in [3.8, 4) is 11.3 Å². The van der Waals surface area contributed by atoms with Crippen molar-refractivity contribution in [3.63, 3.8) is 0 Å². The van der Waals surface area contributed by atoms with E-state index in [0.29, 0.717) is 13.1 Å². The molecule has 2 aromatic rings. The second kappa shape index (κ2) is 7.02. The highest BCUT2D eigenvalue weighted by molar-refractivity contribution is 7.09. The normalized spacial score (nSPS) is 11.3. The number of aliphatic hydroxyl groups is 1. The highest BCUT2D eigenvalue weighted by Gasteiger charge is 2.15. The van der Waals surface area contributed by atoms with Crippen molar-refractivity contribution >= 4 is 11.3 Å². The predicted molar refractivity (Wildman–Crippen MR) is 87.9 cm³/mol. The molecule has 0 bridgehead atoms. The Kier molecular flexibility index (Phi) is 5.33. The minimum absolute atomic E-state index is 0.0278. The molecule has 0 atom stereocenters. The maximum Gasteiger partial charge on any atom is 0.305 e. The number of hydrogen-bond donors (Lipinski definition) is 2. The van der Waals surface area contributed by atoms with E-state index in [2.05, 4.69) is 48.9 Å². The molecule has 0 amide bonds. The first kappa shape index (κ1) is 15.9. The predicted octanol–water partition coefficient (Wildman–Crippen LogP) is 2.53. The number of aryl methyl sites for hydroxylation is 2. The topological polar surface area (TPSA) is 56.3 Å². The molecule has 0 fully saturated rings. The monoisotopic (exact) mass is 306 g/mol. The molecule has 0 saturated carbocycles. The number of H-pyrrole nitrogens is 1. The Bertz CT molecular complexity index is 661. The fourth-order valence-corrected chi connectivity index (χ4v) is 3.36. The molecule has 0 unspecified atom stereocenters. The van der Waals surface area contributed by atoms with Crippen LogP contribution in [0.25, 0.3) is 11.3 Å². The van der Waals surface area contributed by atoms with Gasteiger partial charge in [-0.25, -0.2) is 0 Å². The average molecular weight is 306 g/mol. The van der Waals surface area contributed by atoms with Gasteiger partial charge in [0.2, 0.25) is 0 Å². The third-order valence-electron chi connectivity index (χ3n) is 3.60. The van der Waals surface area contributed by atoms with Crippen molar-refractivity contribution in [2.75, 3.05) is 19.7 Å². The van der Waals surface area contributed by atoms with Crippen LogP contribution in [0.4, 0.5) is 0 Å². The second-order valence-electron chi connectivity index (χ2n) is 5.22. The molecule has 0 aliphatic heterocycles. The van der Waals surface area contributed by atoms with Crippen LogP contribution >= 0.6 is 11.3 Å². The zero-order chi connectivity index (χ0) is 15.4. The lowest BCUT2D eigenvalue weighted by molar-refractivity contribution is 0.198. The third-order valence-corrected chi connectivity index (χ3v) is 4.47. The first-order valence-electron chi connectivity index (χ1n) is 7.18. The molecule has 0 saturated heterocycles. The van der Waals surface area contributed by atoms with Crippen molar-refractivity contribution < 1.29 is 5.11 Å². The number of aliphatic hydroxyl groups excluding tert-OH is 1. The summed E-state index contributed by atoms with van der Waals surface area (Å²) >= 11 is 1.26. The van der Waals surface area contributed by atoms with E-state index in [1.54, 1.807) is 0 Å². The van der Waals surface area contributed by atoms with Crippen molar-refractivity contribution in [3.05, 3.63) is 43.9 Å². The van der Waals surface area contributed by atoms with Crippen LogP contribution in [0.2, 0.25) is 0 Å². The number of aromatic amines is 1. The Balaban J connectivity index is 2.38. The standard InChI is InChI=1S/C16H22N2O2S/c1-4-18(7-8-19)10-14-15(17-16(20)21-14)13-6-5-11(2)9-12(13)3/h5-6,9,19H,4,7-8,10H2,1-3H3,(H,17,20). The number of benzene rings is 1. The zero-order valence-electron chi connectivity index (χ0n) is 12.8. The molecule has 1 heterocycles. The SMILES string of the molecule is CCN(CCO)Cc1sc(=O)[nH]c1-c1ccc(C)cc1C. The van der Waals surface area contributed by atoms with Gasteiger partial charge < -0.3 is 10.1 Å². The molecule has 114 valence electrons. The highest BCUT2D eigenvalue weighted by atomic mass is 32.1. The van der Waals surface area contributed by atoms with E-state index in [4.69, 9.17) is 5.11 Å². The van der Waals surface area contributed by atoms with Gasteiger partial charge in [0.15, 0.2) is 0 Å². The summed E-state index contributed by atoms with van der Waals surface area (Å²) in [5.74, 6) is 0. The second-order valence-corrected chi connectivity index (χ2v) is 6.29. The zero-order valence-corrected chi connectivity index (χ0v) is 13.6. The van der Waals surface area contributed by atoms with E-state index in [-0.39, 0.29) is 11.5 Å². The summed E-state index contributed by atoms with van der Waals surface area (Å²) in [7, 11) is 0. The summed E-state index contributed by atoms with van der Waals surface area (Å²) in [6, 6.07) is 6.25. The fourth-order valence-electron chi connectivity index (χ4n) is 2.48. The molecular formula is C16H22N2O2S. The van der Waals surface area contributed by atoms with Gasteiger partial charge in [-0.05, 0) is 26.0 Å². The average Bonchev–Trinajstić information content (AvgIpc) is 2.79. The van der Waals surface area contributed by atoms with E-state index < -0.39 is 0 Å². The summed E-state index contributed by atoms with van der Waals surface area (Å²) < 4.78 is 0. The minimum atomic E-state index is -0.0278. The van der Waals surface area contributed by atoms with E-state index in [0.717, 1.165) is 28.2 Å². The Hall–Kier alpha value is -1.43. The molecule has 0 aliphatic carbocycles. The van der Waals surface area contributed by atoms with Gasteiger partial charge >= 0.3 is 4.87 Å². The van der Waals surface area contributed by atoms with Crippen LogP contribution in [0.15, 0.2) is 23.0 Å². The van der Waals surface area contributed by atoms with Gasteiger partial charge in [0, 0.05) is 23.5 Å². The maximum atomic E-state index is 11.8. The summed E-state index contributed by atoms with van der Waals surface area (Å²) in [5.41, 5.74) is 4.37. The lowest BCUT2D eigenvalue weighted by Crippen LogP contribution is -2.25. The Labute approximate surface area is 129 Å². The lowest BCUT2D eigenvalue weighted by atomic mass is 10.0. The lowest BCUT2D eigenvalue weighted by Gasteiger charge is -2.19. The van der Waals surface area contributed by atoms with Gasteiger partial charge in [-0.15, -0.1) is 0 Å². The number of hydrogen-bond acceptors (Lipinski definition) is 4. The van der Waals surface area contributed by atoms with Gasteiger partial charge in [0.1, 0.15) is 0 Å². The van der Waals surface area contributed by atoms with Crippen molar-refractivity contribution in [2.24, 2.45) is 0 Å². The van der Waals surface area contributed by atoms with Gasteiger partial charge in [-0.3, -0.25) is 9.69 Å². The molecule has 4 nitrogen and oxygen atoms in total. The van der Waals surface area contributed by atoms with Crippen LogP contribution < -0.4 is 4.87 Å². The highest BCUT2D eigenvalue weighted by Crippen LogP contribution is 2.28. The Morgan fingerprint density at radius 1 is 1.33 bits per heavy atom. The molecule has 21 heavy (non-hydrogen) atoms. The van der Waals surface area contributed by atoms with Crippen LogP contribution in [0.1, 0.15) is 22.9 Å². The summed E-state index contributed by atoms with van der Waals surface area (Å²) in [6.45, 7) is 8.46. The van der Waals surface area contributed by atoms with Crippen molar-refractivity contribution in [1.29, 1.82) is 0 Å². The molecular weight excluding hydrogens is 284 g/mol. The molecule has 0 aliphatic rings. The van der Waals surface area contributed by atoms with E-state index in [1.165, 1.54) is 16.9 Å². The largest absolute Gasteiger partial charge is 0.395 e. The Morgan fingerprint density at radius 2 is 2.10 bits per heavy atom. The van der Waals surface area contributed by atoms with E-state index in [1.807, 2.05) is 0 Å². The molecule has 1 aromatic carbocycles. The smallest absolute Gasteiger partial charge is 0.305 e. The number of rotatable bonds is 6. The summed E-state index contributed by atoms with van der Waals surface area (Å²) in [4.78, 5) is 17.9. The van der Waals surface area contributed by atoms with Gasteiger partial charge in [0.25, 0.3) is 0 Å². The van der Waals surface area contributed by atoms with Crippen LogP contribution in [-0.2, 0) is 6.54 Å². The van der Waals surface area contributed by atoms with Crippen LogP contribution in [0, 0.1) is 13.8 Å². The summed E-state index contributed by atoms with van der Waals surface area (Å²) in [6.07, 6.45) is 0. The molecule has 0 spiro atoms. The van der Waals surface area contributed by atoms with Gasteiger partial charge in [-0.2, -0.15) is 0 Å². The summed E-state index contributed by atoms with van der Waals surface area (Å²) in [5, 5.41) is 9.10.